The number of aliphatic hydroxyl groups excluding tert-OH is 1. The standard InChI is InChI=1S/C11H15ClO3/c1-14-11-7-9(8-13)3-4-10(11)15-6-2-5-12/h3-4,7,13H,2,5-6,8H2,1H3. The van der Waals surface area contributed by atoms with Crippen LogP contribution in [-0.4, -0.2) is 24.7 Å². The topological polar surface area (TPSA) is 38.7 Å². The first-order valence-corrected chi connectivity index (χ1v) is 5.31. The first-order chi connectivity index (χ1) is 7.31. The third-order valence-corrected chi connectivity index (χ3v) is 2.21. The normalized spacial score (nSPS) is 10.1. The van der Waals surface area contributed by atoms with Crippen LogP contribution < -0.4 is 9.47 Å². The molecular formula is C11H15ClO3. The van der Waals surface area contributed by atoms with Gasteiger partial charge < -0.3 is 14.6 Å². The SMILES string of the molecule is COc1cc(CO)ccc1OCCCCl. The van der Waals surface area contributed by atoms with Crippen molar-refractivity contribution >= 4 is 11.6 Å². The van der Waals surface area contributed by atoms with Crippen molar-refractivity contribution in [2.24, 2.45) is 0 Å². The zero-order valence-corrected chi connectivity index (χ0v) is 9.46. The van der Waals surface area contributed by atoms with Gasteiger partial charge in [0.2, 0.25) is 0 Å². The van der Waals surface area contributed by atoms with Crippen molar-refractivity contribution in [3.63, 3.8) is 0 Å². The number of methoxy groups -OCH3 is 1. The summed E-state index contributed by atoms with van der Waals surface area (Å²) in [6.07, 6.45) is 0.798. The number of benzene rings is 1. The van der Waals surface area contributed by atoms with Crippen LogP contribution in [0.4, 0.5) is 0 Å². The van der Waals surface area contributed by atoms with Crippen LogP contribution in [0.3, 0.4) is 0 Å². The molecular weight excluding hydrogens is 216 g/mol. The van der Waals surface area contributed by atoms with Gasteiger partial charge >= 0.3 is 0 Å². The molecule has 0 aliphatic heterocycles. The van der Waals surface area contributed by atoms with E-state index in [1.54, 1.807) is 25.3 Å². The van der Waals surface area contributed by atoms with Gasteiger partial charge in [0.1, 0.15) is 0 Å². The third-order valence-electron chi connectivity index (χ3n) is 1.95. The molecule has 0 radical (unpaired) electrons. The monoisotopic (exact) mass is 230 g/mol. The molecule has 0 bridgehead atoms. The zero-order valence-electron chi connectivity index (χ0n) is 8.70. The fourth-order valence-electron chi connectivity index (χ4n) is 1.17. The summed E-state index contributed by atoms with van der Waals surface area (Å²) in [6.45, 7) is 0.566. The van der Waals surface area contributed by atoms with E-state index < -0.39 is 0 Å². The van der Waals surface area contributed by atoms with Gasteiger partial charge in [-0.2, -0.15) is 0 Å². The molecule has 4 heteroatoms. The summed E-state index contributed by atoms with van der Waals surface area (Å²) in [4.78, 5) is 0. The van der Waals surface area contributed by atoms with Crippen LogP contribution >= 0.6 is 11.6 Å². The average Bonchev–Trinajstić information content (AvgIpc) is 2.29. The molecule has 0 unspecified atom stereocenters. The number of alkyl halides is 1. The molecule has 0 aromatic heterocycles. The highest BCUT2D eigenvalue weighted by Gasteiger charge is 2.04. The summed E-state index contributed by atoms with van der Waals surface area (Å²) < 4.78 is 10.6. The second-order valence-corrected chi connectivity index (χ2v) is 3.41. The van der Waals surface area contributed by atoms with Crippen LogP contribution in [0.25, 0.3) is 0 Å². The van der Waals surface area contributed by atoms with Crippen molar-refractivity contribution < 1.29 is 14.6 Å². The van der Waals surface area contributed by atoms with Crippen molar-refractivity contribution in [3.05, 3.63) is 23.8 Å². The Labute approximate surface area is 94.6 Å². The molecule has 0 fully saturated rings. The molecule has 0 spiro atoms. The molecule has 0 aliphatic rings. The Balaban J connectivity index is 2.69. The van der Waals surface area contributed by atoms with E-state index in [1.807, 2.05) is 0 Å². The third kappa shape index (κ3) is 3.61. The van der Waals surface area contributed by atoms with Gasteiger partial charge in [0.25, 0.3) is 0 Å². The molecule has 1 aromatic rings. The lowest BCUT2D eigenvalue weighted by atomic mass is 10.2. The molecule has 0 saturated carbocycles. The molecule has 0 atom stereocenters. The van der Waals surface area contributed by atoms with Gasteiger partial charge in [-0.3, -0.25) is 0 Å². The molecule has 1 rings (SSSR count). The smallest absolute Gasteiger partial charge is 0.161 e. The second kappa shape index (κ2) is 6.53. The maximum absolute atomic E-state index is 8.95. The molecule has 0 aliphatic carbocycles. The maximum Gasteiger partial charge on any atom is 0.161 e. The lowest BCUT2D eigenvalue weighted by Crippen LogP contribution is -2.00. The Morgan fingerprint density at radius 1 is 1.33 bits per heavy atom. The lowest BCUT2D eigenvalue weighted by Gasteiger charge is -2.10. The van der Waals surface area contributed by atoms with E-state index in [1.165, 1.54) is 0 Å². The summed E-state index contributed by atoms with van der Waals surface area (Å²) in [5, 5.41) is 8.95. The Morgan fingerprint density at radius 2 is 2.13 bits per heavy atom. The first kappa shape index (κ1) is 12.1. The largest absolute Gasteiger partial charge is 0.493 e. The van der Waals surface area contributed by atoms with Crippen LogP contribution in [-0.2, 0) is 6.61 Å². The van der Waals surface area contributed by atoms with Crippen molar-refractivity contribution in [1.29, 1.82) is 0 Å². The summed E-state index contributed by atoms with van der Waals surface area (Å²) in [6, 6.07) is 5.35. The highest BCUT2D eigenvalue weighted by molar-refractivity contribution is 6.17. The van der Waals surface area contributed by atoms with Crippen LogP contribution in [0, 0.1) is 0 Å². The number of hydrogen-bond acceptors (Lipinski definition) is 3. The zero-order chi connectivity index (χ0) is 11.1. The molecule has 0 amide bonds. The second-order valence-electron chi connectivity index (χ2n) is 3.03. The first-order valence-electron chi connectivity index (χ1n) is 4.78. The predicted molar refractivity (Wildman–Crippen MR) is 59.7 cm³/mol. The summed E-state index contributed by atoms with van der Waals surface area (Å²) in [5.41, 5.74) is 0.802. The molecule has 84 valence electrons. The van der Waals surface area contributed by atoms with Gasteiger partial charge in [-0.05, 0) is 24.1 Å². The van der Waals surface area contributed by atoms with Crippen LogP contribution in [0.1, 0.15) is 12.0 Å². The Morgan fingerprint density at radius 3 is 2.73 bits per heavy atom. The van der Waals surface area contributed by atoms with Crippen LogP contribution in [0.15, 0.2) is 18.2 Å². The minimum atomic E-state index is -0.00167. The molecule has 0 heterocycles. The Kier molecular flexibility index (Phi) is 5.29. The van der Waals surface area contributed by atoms with Gasteiger partial charge in [-0.1, -0.05) is 6.07 Å². The van der Waals surface area contributed by atoms with Crippen LogP contribution in [0.5, 0.6) is 11.5 Å². The van der Waals surface area contributed by atoms with Crippen LogP contribution in [0.2, 0.25) is 0 Å². The lowest BCUT2D eigenvalue weighted by molar-refractivity contribution is 0.277. The van der Waals surface area contributed by atoms with E-state index in [0.717, 1.165) is 12.0 Å². The summed E-state index contributed by atoms with van der Waals surface area (Å²) in [7, 11) is 1.57. The number of hydrogen-bond donors (Lipinski definition) is 1. The molecule has 1 N–H and O–H groups in total. The Bertz CT molecular complexity index is 302. The van der Waals surface area contributed by atoms with E-state index >= 15 is 0 Å². The minimum absolute atomic E-state index is 0.00167. The van der Waals surface area contributed by atoms with E-state index in [9.17, 15) is 0 Å². The minimum Gasteiger partial charge on any atom is -0.493 e. The fourth-order valence-corrected chi connectivity index (χ4v) is 1.28. The number of rotatable bonds is 6. The Hall–Kier alpha value is -0.930. The number of halogens is 1. The van der Waals surface area contributed by atoms with Gasteiger partial charge in [0, 0.05) is 5.88 Å². The highest BCUT2D eigenvalue weighted by Crippen LogP contribution is 2.28. The van der Waals surface area contributed by atoms with Gasteiger partial charge in [-0.25, -0.2) is 0 Å². The van der Waals surface area contributed by atoms with Crippen molar-refractivity contribution in [2.75, 3.05) is 19.6 Å². The molecule has 3 nitrogen and oxygen atoms in total. The summed E-state index contributed by atoms with van der Waals surface area (Å²) >= 11 is 5.54. The predicted octanol–water partition coefficient (Wildman–Crippen LogP) is 2.20. The van der Waals surface area contributed by atoms with Crippen molar-refractivity contribution in [1.82, 2.24) is 0 Å². The van der Waals surface area contributed by atoms with Crippen molar-refractivity contribution in [3.8, 4) is 11.5 Å². The molecule has 15 heavy (non-hydrogen) atoms. The highest BCUT2D eigenvalue weighted by atomic mass is 35.5. The van der Waals surface area contributed by atoms with E-state index in [2.05, 4.69) is 0 Å². The molecule has 0 saturated heterocycles. The average molecular weight is 231 g/mol. The van der Waals surface area contributed by atoms with Gasteiger partial charge in [0.15, 0.2) is 11.5 Å². The quantitative estimate of drug-likeness (QED) is 0.602. The van der Waals surface area contributed by atoms with E-state index in [4.69, 9.17) is 26.2 Å². The fraction of sp³-hybridized carbons (Fsp3) is 0.455. The van der Waals surface area contributed by atoms with Gasteiger partial charge in [0.05, 0.1) is 20.3 Å². The van der Waals surface area contributed by atoms with E-state index in [-0.39, 0.29) is 6.61 Å². The number of ether oxygens (including phenoxy) is 2. The summed E-state index contributed by atoms with van der Waals surface area (Å²) in [5.74, 6) is 1.90. The molecule has 1 aromatic carbocycles. The maximum atomic E-state index is 8.95. The van der Waals surface area contributed by atoms with Gasteiger partial charge in [-0.15, -0.1) is 11.6 Å². The van der Waals surface area contributed by atoms with Crippen molar-refractivity contribution in [2.45, 2.75) is 13.0 Å². The van der Waals surface area contributed by atoms with E-state index in [0.29, 0.717) is 24.0 Å². The number of aliphatic hydroxyl groups is 1.